The van der Waals surface area contributed by atoms with Gasteiger partial charge in [-0.2, -0.15) is 9.78 Å². The Hall–Kier alpha value is -3.61. The number of hydrogen-bond acceptors (Lipinski definition) is 4. The fourth-order valence-electron chi connectivity index (χ4n) is 3.72. The molecule has 0 aliphatic heterocycles. The number of nitrogens with one attached hydrogen (secondary N) is 2. The number of benzene rings is 2. The Kier molecular flexibility index (Phi) is 5.99. The number of aromatic nitrogens is 2. The van der Waals surface area contributed by atoms with Gasteiger partial charge in [0.15, 0.2) is 0 Å². The van der Waals surface area contributed by atoms with Crippen molar-refractivity contribution in [1.29, 1.82) is 0 Å². The van der Waals surface area contributed by atoms with Crippen molar-refractivity contribution < 1.29 is 14.7 Å². The molecule has 0 bridgehead atoms. The highest BCUT2D eigenvalue weighted by molar-refractivity contribution is 6.04. The zero-order valence-electron chi connectivity index (χ0n) is 18.6. The number of rotatable bonds is 5. The van der Waals surface area contributed by atoms with Crippen molar-refractivity contribution in [2.24, 2.45) is 0 Å². The van der Waals surface area contributed by atoms with E-state index in [0.29, 0.717) is 22.5 Å². The van der Waals surface area contributed by atoms with Crippen molar-refractivity contribution in [2.75, 3.05) is 5.32 Å². The summed E-state index contributed by atoms with van der Waals surface area (Å²) in [6, 6.07) is 13.7. The molecule has 4 rings (SSSR count). The summed E-state index contributed by atoms with van der Waals surface area (Å²) in [5, 5.41) is 20.8. The number of aryl methyl sites for hydroxylation is 1. The van der Waals surface area contributed by atoms with Gasteiger partial charge in [0.1, 0.15) is 5.75 Å². The van der Waals surface area contributed by atoms with Gasteiger partial charge >= 0.3 is 6.03 Å². The summed E-state index contributed by atoms with van der Waals surface area (Å²) >= 11 is 0. The van der Waals surface area contributed by atoms with E-state index in [4.69, 9.17) is 0 Å². The quantitative estimate of drug-likeness (QED) is 0.492. The van der Waals surface area contributed by atoms with Gasteiger partial charge in [0.25, 0.3) is 5.91 Å². The van der Waals surface area contributed by atoms with Crippen molar-refractivity contribution in [3.05, 3.63) is 65.4 Å². The lowest BCUT2D eigenvalue weighted by atomic mass is 9.82. The lowest BCUT2D eigenvalue weighted by Crippen LogP contribution is -2.36. The van der Waals surface area contributed by atoms with Crippen LogP contribution in [0.1, 0.15) is 60.6 Å². The molecular weight excluding hydrogens is 404 g/mol. The summed E-state index contributed by atoms with van der Waals surface area (Å²) in [5.41, 5.74) is 3.96. The number of carbonyl (C=O) groups excluding carboxylic acids is 2. The molecule has 0 spiro atoms. The number of carbonyl (C=O) groups is 2. The minimum Gasteiger partial charge on any atom is -0.507 e. The molecular formula is C25H28N4O3. The predicted molar refractivity (Wildman–Crippen MR) is 124 cm³/mol. The van der Waals surface area contributed by atoms with E-state index >= 15 is 0 Å². The van der Waals surface area contributed by atoms with E-state index in [1.807, 2.05) is 39.0 Å². The molecule has 7 nitrogen and oxygen atoms in total. The average molecular weight is 433 g/mol. The van der Waals surface area contributed by atoms with E-state index in [1.165, 1.54) is 10.7 Å². The largest absolute Gasteiger partial charge is 0.507 e. The highest BCUT2D eigenvalue weighted by Crippen LogP contribution is 2.39. The summed E-state index contributed by atoms with van der Waals surface area (Å²) in [6.07, 6.45) is 3.15. The van der Waals surface area contributed by atoms with E-state index < -0.39 is 0 Å². The molecule has 7 heteroatoms. The minimum atomic E-state index is -0.281. The van der Waals surface area contributed by atoms with Crippen LogP contribution in [0.5, 0.6) is 5.75 Å². The van der Waals surface area contributed by atoms with Crippen LogP contribution >= 0.6 is 0 Å². The van der Waals surface area contributed by atoms with Gasteiger partial charge in [0.05, 0.1) is 11.4 Å². The molecule has 1 heterocycles. The van der Waals surface area contributed by atoms with E-state index in [2.05, 4.69) is 15.7 Å². The van der Waals surface area contributed by atoms with Crippen molar-refractivity contribution >= 4 is 17.6 Å². The number of hydrogen-bond donors (Lipinski definition) is 3. The smallest absolute Gasteiger partial charge is 0.342 e. The maximum atomic E-state index is 12.7. The van der Waals surface area contributed by atoms with Crippen molar-refractivity contribution in [3.63, 3.8) is 0 Å². The van der Waals surface area contributed by atoms with Crippen molar-refractivity contribution in [2.45, 2.75) is 52.0 Å². The van der Waals surface area contributed by atoms with Gasteiger partial charge in [-0.25, -0.2) is 4.79 Å². The van der Waals surface area contributed by atoms with Crippen LogP contribution in [0.25, 0.3) is 11.3 Å². The van der Waals surface area contributed by atoms with Crippen molar-refractivity contribution in [3.8, 4) is 17.0 Å². The summed E-state index contributed by atoms with van der Waals surface area (Å²) < 4.78 is 1.41. The van der Waals surface area contributed by atoms with Crippen LogP contribution in [0.2, 0.25) is 0 Å². The number of aromatic hydroxyl groups is 1. The Morgan fingerprint density at radius 3 is 2.44 bits per heavy atom. The van der Waals surface area contributed by atoms with Gasteiger partial charge in [-0.15, -0.1) is 0 Å². The molecule has 2 aromatic carbocycles. The predicted octanol–water partition coefficient (Wildman–Crippen LogP) is 5.05. The van der Waals surface area contributed by atoms with Gasteiger partial charge in [-0.05, 0) is 70.0 Å². The number of nitrogens with zero attached hydrogens (tertiary/aromatic N) is 2. The first-order valence-corrected chi connectivity index (χ1v) is 10.9. The first-order chi connectivity index (χ1) is 15.3. The van der Waals surface area contributed by atoms with E-state index in [0.717, 1.165) is 30.5 Å². The fourth-order valence-corrected chi connectivity index (χ4v) is 3.72. The van der Waals surface area contributed by atoms with Gasteiger partial charge in [-0.1, -0.05) is 24.1 Å². The second kappa shape index (κ2) is 8.86. The monoisotopic (exact) mass is 432 g/mol. The Morgan fingerprint density at radius 2 is 1.81 bits per heavy atom. The summed E-state index contributed by atoms with van der Waals surface area (Å²) in [4.78, 5) is 25.3. The topological polar surface area (TPSA) is 96.2 Å². The summed E-state index contributed by atoms with van der Waals surface area (Å²) in [5.74, 6) is 0.0757. The average Bonchev–Trinajstić information content (AvgIpc) is 3.12. The lowest BCUT2D eigenvalue weighted by molar-refractivity contribution is 0.102. The molecule has 0 atom stereocenters. The second-order valence-corrected chi connectivity index (χ2v) is 8.65. The van der Waals surface area contributed by atoms with Crippen LogP contribution in [0, 0.1) is 6.92 Å². The highest BCUT2D eigenvalue weighted by atomic mass is 16.3. The molecule has 3 N–H and O–H groups in total. The van der Waals surface area contributed by atoms with Crippen LogP contribution < -0.4 is 10.6 Å². The number of amides is 2. The summed E-state index contributed by atoms with van der Waals surface area (Å²) in [6.45, 7) is 5.76. The van der Waals surface area contributed by atoms with Crippen LogP contribution in [0.15, 0.2) is 48.5 Å². The van der Waals surface area contributed by atoms with E-state index in [-0.39, 0.29) is 29.6 Å². The third-order valence-corrected chi connectivity index (χ3v) is 5.71. The Balaban J connectivity index is 1.64. The molecule has 0 saturated heterocycles. The minimum absolute atomic E-state index is 0.0156. The molecule has 166 valence electrons. The molecule has 1 aromatic heterocycles. The van der Waals surface area contributed by atoms with Gasteiger partial charge < -0.3 is 15.7 Å². The standard InChI is InChI=1S/C25H28N4O3/c1-15(2)26-25(32)29-22(17-5-4-6-17)14-21(28-29)20-13-19(11-12-23(20)30)27-24(31)18-9-7-16(3)8-10-18/h7-15,17,30H,4-6H2,1-3H3,(H,26,32)(H,27,31). The molecule has 32 heavy (non-hydrogen) atoms. The second-order valence-electron chi connectivity index (χ2n) is 8.65. The third-order valence-electron chi connectivity index (χ3n) is 5.71. The first kappa shape index (κ1) is 21.6. The molecule has 3 aromatic rings. The number of phenolic OH excluding ortho intramolecular Hbond substituents is 1. The first-order valence-electron chi connectivity index (χ1n) is 10.9. The van der Waals surface area contributed by atoms with Crippen molar-refractivity contribution in [1.82, 2.24) is 15.1 Å². The summed E-state index contributed by atoms with van der Waals surface area (Å²) in [7, 11) is 0. The van der Waals surface area contributed by atoms with Gasteiger partial charge in [-0.3, -0.25) is 4.79 Å². The molecule has 2 amide bonds. The highest BCUT2D eigenvalue weighted by Gasteiger charge is 2.28. The Bertz CT molecular complexity index is 1140. The third kappa shape index (κ3) is 4.51. The number of phenols is 1. The maximum absolute atomic E-state index is 12.7. The molecule has 0 unspecified atom stereocenters. The Labute approximate surface area is 187 Å². The zero-order chi connectivity index (χ0) is 22.8. The van der Waals surface area contributed by atoms with Gasteiger partial charge in [0, 0.05) is 28.8 Å². The van der Waals surface area contributed by atoms with E-state index in [1.54, 1.807) is 24.3 Å². The normalized spacial score (nSPS) is 13.6. The van der Waals surface area contributed by atoms with Crippen LogP contribution in [0.3, 0.4) is 0 Å². The number of anilines is 1. The maximum Gasteiger partial charge on any atom is 0.342 e. The molecule has 1 fully saturated rings. The molecule has 1 saturated carbocycles. The SMILES string of the molecule is Cc1ccc(C(=O)Nc2ccc(O)c(-c3cc(C4CCC4)n(C(=O)NC(C)C)n3)c2)cc1. The fraction of sp³-hybridized carbons (Fsp3) is 0.320. The zero-order valence-corrected chi connectivity index (χ0v) is 18.6. The Morgan fingerprint density at radius 1 is 1.09 bits per heavy atom. The van der Waals surface area contributed by atoms with Crippen LogP contribution in [-0.4, -0.2) is 32.9 Å². The van der Waals surface area contributed by atoms with Gasteiger partial charge in [0.2, 0.25) is 0 Å². The van der Waals surface area contributed by atoms with Crippen LogP contribution in [0.4, 0.5) is 10.5 Å². The van der Waals surface area contributed by atoms with E-state index in [9.17, 15) is 14.7 Å². The molecule has 1 aliphatic carbocycles. The molecule has 1 aliphatic rings. The van der Waals surface area contributed by atoms with Crippen LogP contribution in [-0.2, 0) is 0 Å². The molecule has 0 radical (unpaired) electrons. The lowest BCUT2D eigenvalue weighted by Gasteiger charge is -2.25.